The first-order chi connectivity index (χ1) is 13.7. The van der Waals surface area contributed by atoms with Crippen molar-refractivity contribution in [1.82, 2.24) is 15.0 Å². The highest BCUT2D eigenvalue weighted by Gasteiger charge is 2.31. The van der Waals surface area contributed by atoms with Crippen molar-refractivity contribution in [2.75, 3.05) is 13.1 Å². The molecule has 1 aliphatic rings. The number of esters is 1. The van der Waals surface area contributed by atoms with Crippen LogP contribution in [0.2, 0.25) is 0 Å². The Labute approximate surface area is 177 Å². The Morgan fingerprint density at radius 3 is 2.66 bits per heavy atom. The number of carbonyl (C=O) groups is 2. The minimum atomic E-state index is -0.536. The van der Waals surface area contributed by atoms with Gasteiger partial charge in [-0.05, 0) is 45.7 Å². The molecule has 156 valence electrons. The number of carbonyl (C=O) groups excluding carboxylic acids is 2. The van der Waals surface area contributed by atoms with E-state index < -0.39 is 5.60 Å². The van der Waals surface area contributed by atoms with Gasteiger partial charge in [-0.2, -0.15) is 4.98 Å². The molecule has 0 radical (unpaired) electrons. The summed E-state index contributed by atoms with van der Waals surface area (Å²) < 4.78 is 16.8. The first-order valence-corrected chi connectivity index (χ1v) is 10.2. The average molecular weight is 466 g/mol. The summed E-state index contributed by atoms with van der Waals surface area (Å²) in [7, 11) is 0. The van der Waals surface area contributed by atoms with Gasteiger partial charge in [0.1, 0.15) is 5.60 Å². The Kier molecular flexibility index (Phi) is 6.56. The minimum absolute atomic E-state index is 0.0773. The van der Waals surface area contributed by atoms with Gasteiger partial charge in [0, 0.05) is 23.1 Å². The van der Waals surface area contributed by atoms with E-state index in [1.165, 1.54) is 0 Å². The van der Waals surface area contributed by atoms with E-state index in [1.54, 1.807) is 4.90 Å². The number of halogens is 1. The van der Waals surface area contributed by atoms with E-state index in [-0.39, 0.29) is 30.5 Å². The molecule has 1 fully saturated rings. The zero-order valence-corrected chi connectivity index (χ0v) is 18.3. The molecule has 1 amide bonds. The van der Waals surface area contributed by atoms with E-state index in [1.807, 2.05) is 45.0 Å². The second kappa shape index (κ2) is 8.94. The van der Waals surface area contributed by atoms with Gasteiger partial charge in [-0.15, -0.1) is 0 Å². The van der Waals surface area contributed by atoms with Crippen molar-refractivity contribution in [2.24, 2.45) is 5.92 Å². The molecular weight excluding hydrogens is 442 g/mol. The van der Waals surface area contributed by atoms with E-state index in [0.29, 0.717) is 31.8 Å². The molecule has 0 aliphatic carbocycles. The second-order valence-electron chi connectivity index (χ2n) is 7.87. The van der Waals surface area contributed by atoms with Crippen molar-refractivity contribution < 1.29 is 23.6 Å². The van der Waals surface area contributed by atoms with Crippen LogP contribution in [0, 0.1) is 5.92 Å². The van der Waals surface area contributed by atoms with Gasteiger partial charge in [0.05, 0.1) is 5.92 Å². The van der Waals surface area contributed by atoms with Crippen molar-refractivity contribution in [3.63, 3.8) is 0 Å². The number of rotatable bonds is 4. The van der Waals surface area contributed by atoms with Crippen LogP contribution in [0.4, 0.5) is 4.79 Å². The molecule has 9 heteroatoms. The van der Waals surface area contributed by atoms with Gasteiger partial charge in [0.15, 0.2) is 6.61 Å². The lowest BCUT2D eigenvalue weighted by molar-refractivity contribution is -0.152. The number of piperidine rings is 1. The maximum atomic E-state index is 12.3. The first-order valence-electron chi connectivity index (χ1n) is 9.44. The van der Waals surface area contributed by atoms with Crippen LogP contribution in [-0.4, -0.2) is 45.8 Å². The Hall–Kier alpha value is -2.42. The number of benzene rings is 1. The summed E-state index contributed by atoms with van der Waals surface area (Å²) in [6.07, 6.45) is 0.714. The molecule has 0 N–H and O–H groups in total. The summed E-state index contributed by atoms with van der Waals surface area (Å²) in [6.45, 7) is 6.33. The third-order valence-electron chi connectivity index (χ3n) is 4.37. The molecule has 8 nitrogen and oxygen atoms in total. The molecule has 1 saturated heterocycles. The van der Waals surface area contributed by atoms with Crippen molar-refractivity contribution in [3.05, 3.63) is 34.6 Å². The highest BCUT2D eigenvalue weighted by atomic mass is 79.9. The van der Waals surface area contributed by atoms with Crippen molar-refractivity contribution in [1.29, 1.82) is 0 Å². The summed E-state index contributed by atoms with van der Waals surface area (Å²) in [6, 6.07) is 7.52. The van der Waals surface area contributed by atoms with Crippen LogP contribution >= 0.6 is 15.9 Å². The quantitative estimate of drug-likeness (QED) is 0.624. The van der Waals surface area contributed by atoms with Crippen LogP contribution < -0.4 is 0 Å². The van der Waals surface area contributed by atoms with Crippen LogP contribution in [0.3, 0.4) is 0 Å². The van der Waals surface area contributed by atoms with Crippen LogP contribution in [0.5, 0.6) is 0 Å². The molecule has 1 aromatic heterocycles. The van der Waals surface area contributed by atoms with Crippen molar-refractivity contribution in [3.8, 4) is 11.4 Å². The maximum absolute atomic E-state index is 12.3. The number of ether oxygens (including phenoxy) is 2. The lowest BCUT2D eigenvalue weighted by atomic mass is 9.97. The molecular formula is C20H24BrN3O5. The number of nitrogens with zero attached hydrogens (tertiary/aromatic N) is 3. The predicted molar refractivity (Wildman–Crippen MR) is 108 cm³/mol. The SMILES string of the molecule is CC(C)(C)OC(=O)N1CCC(C(=O)OCc2nc(-c3cccc(Br)c3)no2)CC1. The lowest BCUT2D eigenvalue weighted by Gasteiger charge is -2.32. The second-order valence-corrected chi connectivity index (χ2v) is 8.79. The van der Waals surface area contributed by atoms with Crippen LogP contribution in [0.25, 0.3) is 11.4 Å². The fraction of sp³-hybridized carbons (Fsp3) is 0.500. The Balaban J connectivity index is 1.47. The Bertz CT molecular complexity index is 869. The molecule has 0 saturated carbocycles. The molecule has 3 rings (SSSR count). The van der Waals surface area contributed by atoms with Crippen molar-refractivity contribution in [2.45, 2.75) is 45.8 Å². The zero-order chi connectivity index (χ0) is 21.0. The summed E-state index contributed by atoms with van der Waals surface area (Å²) >= 11 is 3.40. The first kappa shape index (κ1) is 21.3. The zero-order valence-electron chi connectivity index (χ0n) is 16.7. The molecule has 0 bridgehead atoms. The molecule has 0 atom stereocenters. The molecule has 1 aliphatic heterocycles. The van der Waals surface area contributed by atoms with Crippen molar-refractivity contribution >= 4 is 28.0 Å². The fourth-order valence-electron chi connectivity index (χ4n) is 2.93. The van der Waals surface area contributed by atoms with E-state index in [4.69, 9.17) is 14.0 Å². The minimum Gasteiger partial charge on any atom is -0.455 e. The normalized spacial score (nSPS) is 15.2. The van der Waals surface area contributed by atoms with Crippen LogP contribution in [-0.2, 0) is 20.9 Å². The summed E-state index contributed by atoms with van der Waals surface area (Å²) in [5.74, 6) is 0.0831. The highest BCUT2D eigenvalue weighted by Crippen LogP contribution is 2.23. The largest absolute Gasteiger partial charge is 0.455 e. The highest BCUT2D eigenvalue weighted by molar-refractivity contribution is 9.10. The Morgan fingerprint density at radius 2 is 2.00 bits per heavy atom. The fourth-order valence-corrected chi connectivity index (χ4v) is 3.33. The third kappa shape index (κ3) is 6.03. The molecule has 1 aromatic carbocycles. The van der Waals surface area contributed by atoms with Gasteiger partial charge in [0.25, 0.3) is 5.89 Å². The monoisotopic (exact) mass is 465 g/mol. The van der Waals surface area contributed by atoms with Gasteiger partial charge in [0.2, 0.25) is 5.82 Å². The van der Waals surface area contributed by atoms with Crippen LogP contribution in [0.1, 0.15) is 39.5 Å². The third-order valence-corrected chi connectivity index (χ3v) is 4.86. The van der Waals surface area contributed by atoms with Crippen LogP contribution in [0.15, 0.2) is 33.3 Å². The van der Waals surface area contributed by atoms with Gasteiger partial charge in [-0.1, -0.05) is 33.2 Å². The molecule has 2 heterocycles. The lowest BCUT2D eigenvalue weighted by Crippen LogP contribution is -2.43. The number of likely N-dealkylation sites (tertiary alicyclic amines) is 1. The number of hydrogen-bond donors (Lipinski definition) is 0. The van der Waals surface area contributed by atoms with Gasteiger partial charge < -0.3 is 18.9 Å². The maximum Gasteiger partial charge on any atom is 0.410 e. The van der Waals surface area contributed by atoms with Gasteiger partial charge in [-0.25, -0.2) is 4.79 Å². The summed E-state index contributed by atoms with van der Waals surface area (Å²) in [5.41, 5.74) is 0.265. The molecule has 0 unspecified atom stereocenters. The van der Waals surface area contributed by atoms with E-state index in [9.17, 15) is 9.59 Å². The topological polar surface area (TPSA) is 94.8 Å². The standard InChI is InChI=1S/C20H24BrN3O5/c1-20(2,3)28-19(26)24-9-7-13(8-10-24)18(25)27-12-16-22-17(23-29-16)14-5-4-6-15(21)11-14/h4-6,11,13H,7-10,12H2,1-3H3. The molecule has 0 spiro atoms. The molecule has 2 aromatic rings. The number of hydrogen-bond acceptors (Lipinski definition) is 7. The van der Waals surface area contributed by atoms with E-state index >= 15 is 0 Å². The van der Waals surface area contributed by atoms with E-state index in [2.05, 4.69) is 26.1 Å². The molecule has 29 heavy (non-hydrogen) atoms. The van der Waals surface area contributed by atoms with Gasteiger partial charge in [-0.3, -0.25) is 4.79 Å². The van der Waals surface area contributed by atoms with Gasteiger partial charge >= 0.3 is 12.1 Å². The Morgan fingerprint density at radius 1 is 1.28 bits per heavy atom. The van der Waals surface area contributed by atoms with E-state index in [0.717, 1.165) is 10.0 Å². The average Bonchev–Trinajstić information content (AvgIpc) is 3.14. The number of amides is 1. The predicted octanol–water partition coefficient (Wildman–Crippen LogP) is 4.19. The summed E-state index contributed by atoms with van der Waals surface area (Å²) in [4.78, 5) is 30.3. The summed E-state index contributed by atoms with van der Waals surface area (Å²) in [5, 5.41) is 3.92. The smallest absolute Gasteiger partial charge is 0.410 e. The number of aromatic nitrogens is 2.